The van der Waals surface area contributed by atoms with E-state index in [1.807, 2.05) is 0 Å². The predicted octanol–water partition coefficient (Wildman–Crippen LogP) is 4.33. The number of aryl methyl sites for hydroxylation is 1. The first kappa shape index (κ1) is 20.6. The molecule has 3 rings (SSSR count). The number of sulfonamides is 1. The zero-order chi connectivity index (χ0) is 20.5. The van der Waals surface area contributed by atoms with Crippen molar-refractivity contribution >= 4 is 38.1 Å². The number of rotatable bonds is 8. The number of unbranched alkanes of at least 4 members (excludes halogenated alkanes) is 1. The molecule has 3 aromatic rings. The topological polar surface area (TPSA) is 76.8 Å². The van der Waals surface area contributed by atoms with Gasteiger partial charge in [-0.15, -0.1) is 0 Å². The lowest BCUT2D eigenvalue weighted by atomic mass is 10.0. The van der Waals surface area contributed by atoms with Gasteiger partial charge in [0.25, 0.3) is 0 Å². The molecule has 6 nitrogen and oxygen atoms in total. The van der Waals surface area contributed by atoms with Gasteiger partial charge in [0.1, 0.15) is 11.3 Å². The zero-order valence-electron chi connectivity index (χ0n) is 16.3. The fourth-order valence-electron chi connectivity index (χ4n) is 2.94. The van der Waals surface area contributed by atoms with E-state index >= 15 is 0 Å². The van der Waals surface area contributed by atoms with Crippen LogP contribution >= 0.6 is 11.3 Å². The molecule has 0 unspecified atom stereocenters. The summed E-state index contributed by atoms with van der Waals surface area (Å²) in [6.07, 6.45) is 2.44. The normalized spacial score (nSPS) is 12.0. The van der Waals surface area contributed by atoms with Crippen molar-refractivity contribution in [2.24, 2.45) is 0 Å². The van der Waals surface area contributed by atoms with Crippen LogP contribution in [0.1, 0.15) is 40.8 Å². The van der Waals surface area contributed by atoms with Gasteiger partial charge >= 0.3 is 0 Å². The molecule has 0 aliphatic carbocycles. The number of ketones is 1. The van der Waals surface area contributed by atoms with E-state index < -0.39 is 10.0 Å². The van der Waals surface area contributed by atoms with E-state index in [9.17, 15) is 13.2 Å². The van der Waals surface area contributed by atoms with Crippen LogP contribution in [-0.2, 0) is 16.4 Å². The van der Waals surface area contributed by atoms with Gasteiger partial charge in [-0.1, -0.05) is 24.7 Å². The van der Waals surface area contributed by atoms with Crippen molar-refractivity contribution in [1.82, 2.24) is 4.31 Å². The number of carbonyl (C=O) groups is 1. The SMILES string of the molecule is CCCCc1oc2ccc(S(=O)(=O)N(C)C)cc2c1C(=O)c1ccc(OC)s1. The Morgan fingerprint density at radius 2 is 1.96 bits per heavy atom. The molecule has 8 heteroatoms. The third-order valence-corrected chi connectivity index (χ3v) is 7.36. The van der Waals surface area contributed by atoms with Crippen molar-refractivity contribution < 1.29 is 22.4 Å². The molecule has 0 fully saturated rings. The molecule has 0 N–H and O–H groups in total. The lowest BCUT2D eigenvalue weighted by molar-refractivity contribution is 0.104. The molecular weight excluding hydrogens is 398 g/mol. The van der Waals surface area contributed by atoms with Gasteiger partial charge in [-0.25, -0.2) is 12.7 Å². The first-order valence-electron chi connectivity index (χ1n) is 8.96. The van der Waals surface area contributed by atoms with E-state index in [2.05, 4.69) is 6.92 Å². The molecule has 0 saturated carbocycles. The van der Waals surface area contributed by atoms with Crippen LogP contribution in [0.4, 0.5) is 0 Å². The molecule has 1 aromatic carbocycles. The molecule has 0 bridgehead atoms. The lowest BCUT2D eigenvalue weighted by Crippen LogP contribution is -2.22. The number of fused-ring (bicyclic) bond motifs is 1. The molecule has 0 radical (unpaired) electrons. The van der Waals surface area contributed by atoms with E-state index in [0.717, 1.165) is 17.1 Å². The number of nitrogens with zero attached hydrogens (tertiary/aromatic N) is 1. The number of ether oxygens (including phenoxy) is 1. The van der Waals surface area contributed by atoms with Crippen LogP contribution in [-0.4, -0.2) is 39.7 Å². The van der Waals surface area contributed by atoms with Crippen molar-refractivity contribution in [3.05, 3.63) is 46.5 Å². The number of benzene rings is 1. The summed E-state index contributed by atoms with van der Waals surface area (Å²) in [5.41, 5.74) is 0.944. The number of hydrogen-bond acceptors (Lipinski definition) is 6. The minimum atomic E-state index is -3.62. The summed E-state index contributed by atoms with van der Waals surface area (Å²) in [6, 6.07) is 8.12. The molecule has 0 spiro atoms. The van der Waals surface area contributed by atoms with E-state index in [4.69, 9.17) is 9.15 Å². The summed E-state index contributed by atoms with van der Waals surface area (Å²) in [7, 11) is 0.889. The Kier molecular flexibility index (Phi) is 5.92. The Balaban J connectivity index is 2.19. The van der Waals surface area contributed by atoms with Gasteiger partial charge in [0, 0.05) is 25.9 Å². The van der Waals surface area contributed by atoms with E-state index in [1.165, 1.54) is 37.6 Å². The molecule has 0 aliphatic rings. The average Bonchev–Trinajstić information content (AvgIpc) is 3.29. The minimum Gasteiger partial charge on any atom is -0.487 e. The molecular formula is C20H23NO5S2. The first-order chi connectivity index (χ1) is 13.3. The summed E-state index contributed by atoms with van der Waals surface area (Å²) in [6.45, 7) is 2.07. The number of thiophene rings is 1. The Hall–Kier alpha value is -2.16. The van der Waals surface area contributed by atoms with Gasteiger partial charge in [0.05, 0.1) is 22.4 Å². The molecule has 0 atom stereocenters. The summed E-state index contributed by atoms with van der Waals surface area (Å²) in [4.78, 5) is 13.9. The fourth-order valence-corrected chi connectivity index (χ4v) is 4.63. The lowest BCUT2D eigenvalue weighted by Gasteiger charge is -2.11. The molecule has 2 heterocycles. The minimum absolute atomic E-state index is 0.130. The summed E-state index contributed by atoms with van der Waals surface area (Å²) < 4.78 is 37.4. The standard InChI is InChI=1S/C20H23NO5S2/c1-5-6-7-16-19(20(22)17-10-11-18(25-4)27-17)14-12-13(8-9-15(14)26-16)28(23,24)21(2)3/h8-12H,5-7H2,1-4H3. The molecule has 0 amide bonds. The maximum absolute atomic E-state index is 13.3. The van der Waals surface area contributed by atoms with Crippen molar-refractivity contribution in [3.63, 3.8) is 0 Å². The van der Waals surface area contributed by atoms with Crippen molar-refractivity contribution in [2.45, 2.75) is 31.1 Å². The Labute approximate surface area is 168 Å². The second kappa shape index (κ2) is 8.06. The predicted molar refractivity (Wildman–Crippen MR) is 110 cm³/mol. The maximum Gasteiger partial charge on any atom is 0.242 e. The number of methoxy groups -OCH3 is 1. The number of furan rings is 1. The van der Waals surface area contributed by atoms with Gasteiger partial charge in [0.2, 0.25) is 15.8 Å². The van der Waals surface area contributed by atoms with Crippen molar-refractivity contribution in [3.8, 4) is 5.06 Å². The largest absolute Gasteiger partial charge is 0.487 e. The average molecular weight is 422 g/mol. The highest BCUT2D eigenvalue weighted by Crippen LogP contribution is 2.34. The highest BCUT2D eigenvalue weighted by molar-refractivity contribution is 7.89. The van der Waals surface area contributed by atoms with Crippen LogP contribution in [0.5, 0.6) is 5.06 Å². The van der Waals surface area contributed by atoms with E-state index in [0.29, 0.717) is 38.7 Å². The summed E-state index contributed by atoms with van der Waals surface area (Å²) in [5, 5.41) is 1.16. The van der Waals surface area contributed by atoms with Gasteiger partial charge in [-0.2, -0.15) is 0 Å². The van der Waals surface area contributed by atoms with E-state index in [1.54, 1.807) is 25.3 Å². The highest BCUT2D eigenvalue weighted by atomic mass is 32.2. The smallest absolute Gasteiger partial charge is 0.242 e. The molecule has 0 saturated heterocycles. The second-order valence-corrected chi connectivity index (χ2v) is 9.80. The highest BCUT2D eigenvalue weighted by Gasteiger charge is 2.25. The van der Waals surface area contributed by atoms with Crippen molar-refractivity contribution in [1.29, 1.82) is 0 Å². The Morgan fingerprint density at radius 3 is 2.57 bits per heavy atom. The monoisotopic (exact) mass is 421 g/mol. The fraction of sp³-hybridized carbons (Fsp3) is 0.350. The Bertz CT molecular complexity index is 1110. The van der Waals surface area contributed by atoms with Crippen molar-refractivity contribution in [2.75, 3.05) is 21.2 Å². The number of hydrogen-bond donors (Lipinski definition) is 0. The van der Waals surface area contributed by atoms with Gasteiger partial charge < -0.3 is 9.15 Å². The van der Waals surface area contributed by atoms with Gasteiger partial charge in [-0.3, -0.25) is 4.79 Å². The van der Waals surface area contributed by atoms with Gasteiger partial charge in [-0.05, 0) is 36.8 Å². The molecule has 2 aromatic heterocycles. The van der Waals surface area contributed by atoms with E-state index in [-0.39, 0.29) is 10.7 Å². The maximum atomic E-state index is 13.3. The van der Waals surface area contributed by atoms with Crippen LogP contribution in [0.3, 0.4) is 0 Å². The van der Waals surface area contributed by atoms with Crippen LogP contribution in [0, 0.1) is 0 Å². The first-order valence-corrected chi connectivity index (χ1v) is 11.2. The van der Waals surface area contributed by atoms with Crippen LogP contribution in [0.2, 0.25) is 0 Å². The third kappa shape index (κ3) is 3.72. The molecule has 28 heavy (non-hydrogen) atoms. The summed E-state index contributed by atoms with van der Waals surface area (Å²) >= 11 is 1.26. The van der Waals surface area contributed by atoms with Crippen LogP contribution < -0.4 is 4.74 Å². The zero-order valence-corrected chi connectivity index (χ0v) is 17.9. The second-order valence-electron chi connectivity index (χ2n) is 6.60. The van der Waals surface area contributed by atoms with Crippen LogP contribution in [0.25, 0.3) is 11.0 Å². The quantitative estimate of drug-likeness (QED) is 0.506. The molecule has 0 aliphatic heterocycles. The van der Waals surface area contributed by atoms with Crippen LogP contribution in [0.15, 0.2) is 39.6 Å². The number of carbonyl (C=O) groups excluding carboxylic acids is 1. The summed E-state index contributed by atoms with van der Waals surface area (Å²) in [5.74, 6) is 0.408. The molecule has 150 valence electrons. The van der Waals surface area contributed by atoms with Gasteiger partial charge in [0.15, 0.2) is 5.06 Å². The Morgan fingerprint density at radius 1 is 1.21 bits per heavy atom. The third-order valence-electron chi connectivity index (χ3n) is 4.50.